The van der Waals surface area contributed by atoms with Gasteiger partial charge in [-0.1, -0.05) is 25.0 Å². The SMILES string of the molecule is Cc1cccc2[nH]c(COC(=O)C3CCCC3)cc12. The van der Waals surface area contributed by atoms with Gasteiger partial charge >= 0.3 is 5.97 Å². The van der Waals surface area contributed by atoms with Crippen molar-refractivity contribution in [2.45, 2.75) is 39.2 Å². The second-order valence-electron chi connectivity index (χ2n) is 5.42. The molecule has 1 aromatic carbocycles. The number of H-pyrrole nitrogens is 1. The lowest BCUT2D eigenvalue weighted by molar-refractivity contribution is -0.149. The number of aromatic nitrogens is 1. The molecule has 0 spiro atoms. The molecule has 3 rings (SSSR count). The highest BCUT2D eigenvalue weighted by Crippen LogP contribution is 2.26. The summed E-state index contributed by atoms with van der Waals surface area (Å²) in [6.45, 7) is 2.44. The first kappa shape index (κ1) is 12.3. The maximum Gasteiger partial charge on any atom is 0.309 e. The fraction of sp³-hybridized carbons (Fsp3) is 0.438. The Hall–Kier alpha value is -1.77. The van der Waals surface area contributed by atoms with E-state index >= 15 is 0 Å². The summed E-state index contributed by atoms with van der Waals surface area (Å²) in [5, 5.41) is 1.20. The lowest BCUT2D eigenvalue weighted by Gasteiger charge is -2.08. The van der Waals surface area contributed by atoms with Crippen LogP contribution >= 0.6 is 0 Å². The van der Waals surface area contributed by atoms with Gasteiger partial charge in [-0.2, -0.15) is 0 Å². The Morgan fingerprint density at radius 2 is 2.16 bits per heavy atom. The van der Waals surface area contributed by atoms with Crippen molar-refractivity contribution in [2.75, 3.05) is 0 Å². The largest absolute Gasteiger partial charge is 0.459 e. The number of carbonyl (C=O) groups is 1. The molecule has 100 valence electrons. The van der Waals surface area contributed by atoms with Crippen molar-refractivity contribution in [3.63, 3.8) is 0 Å². The van der Waals surface area contributed by atoms with E-state index in [1.807, 2.05) is 12.1 Å². The highest BCUT2D eigenvalue weighted by Gasteiger charge is 2.24. The molecule has 1 fully saturated rings. The molecule has 0 aliphatic heterocycles. The van der Waals surface area contributed by atoms with Gasteiger partial charge in [0.25, 0.3) is 0 Å². The second-order valence-corrected chi connectivity index (χ2v) is 5.42. The molecule has 1 heterocycles. The lowest BCUT2D eigenvalue weighted by atomic mass is 10.1. The van der Waals surface area contributed by atoms with E-state index in [0.29, 0.717) is 6.61 Å². The van der Waals surface area contributed by atoms with Crippen LogP contribution in [0.4, 0.5) is 0 Å². The molecule has 0 amide bonds. The third-order valence-corrected chi connectivity index (χ3v) is 4.00. The van der Waals surface area contributed by atoms with E-state index in [1.165, 1.54) is 10.9 Å². The van der Waals surface area contributed by atoms with E-state index in [-0.39, 0.29) is 11.9 Å². The Labute approximate surface area is 113 Å². The first-order chi connectivity index (χ1) is 9.24. The van der Waals surface area contributed by atoms with Crippen molar-refractivity contribution in [1.29, 1.82) is 0 Å². The van der Waals surface area contributed by atoms with Crippen molar-refractivity contribution in [2.24, 2.45) is 5.92 Å². The number of benzene rings is 1. The average molecular weight is 257 g/mol. The Kier molecular flexibility index (Phi) is 3.28. The number of ether oxygens (including phenoxy) is 1. The van der Waals surface area contributed by atoms with Crippen molar-refractivity contribution in [3.05, 3.63) is 35.5 Å². The maximum atomic E-state index is 11.9. The Morgan fingerprint density at radius 3 is 2.89 bits per heavy atom. The number of nitrogens with one attached hydrogen (secondary N) is 1. The quantitative estimate of drug-likeness (QED) is 0.852. The zero-order chi connectivity index (χ0) is 13.2. The summed E-state index contributed by atoms with van der Waals surface area (Å²) in [6, 6.07) is 8.24. The zero-order valence-corrected chi connectivity index (χ0v) is 11.2. The summed E-state index contributed by atoms with van der Waals surface area (Å²) in [5.74, 6) is 0.0963. The van der Waals surface area contributed by atoms with Crippen LogP contribution in [-0.4, -0.2) is 11.0 Å². The minimum absolute atomic E-state index is 0.0344. The van der Waals surface area contributed by atoms with Gasteiger partial charge in [-0.05, 0) is 37.5 Å². The molecule has 1 aliphatic carbocycles. The topological polar surface area (TPSA) is 42.1 Å². The second kappa shape index (κ2) is 5.08. The predicted molar refractivity (Wildman–Crippen MR) is 74.8 cm³/mol. The molecule has 19 heavy (non-hydrogen) atoms. The number of hydrogen-bond donors (Lipinski definition) is 1. The summed E-state index contributed by atoms with van der Waals surface area (Å²) in [5.41, 5.74) is 3.31. The molecule has 3 nitrogen and oxygen atoms in total. The number of esters is 1. The van der Waals surface area contributed by atoms with Crippen molar-refractivity contribution in [3.8, 4) is 0 Å². The molecule has 0 radical (unpaired) electrons. The predicted octanol–water partition coefficient (Wildman–Crippen LogP) is 3.71. The molecule has 1 aliphatic rings. The first-order valence-electron chi connectivity index (χ1n) is 6.98. The van der Waals surface area contributed by atoms with Crippen LogP contribution < -0.4 is 0 Å². The lowest BCUT2D eigenvalue weighted by Crippen LogP contribution is -2.14. The molecule has 0 unspecified atom stereocenters. The molecular weight excluding hydrogens is 238 g/mol. The van der Waals surface area contributed by atoms with Crippen molar-refractivity contribution in [1.82, 2.24) is 4.98 Å². The molecule has 0 saturated heterocycles. The molecule has 0 bridgehead atoms. The third-order valence-electron chi connectivity index (χ3n) is 4.00. The van der Waals surface area contributed by atoms with Gasteiger partial charge < -0.3 is 9.72 Å². The summed E-state index contributed by atoms with van der Waals surface area (Å²) < 4.78 is 5.41. The molecule has 1 saturated carbocycles. The van der Waals surface area contributed by atoms with Gasteiger partial charge in [0, 0.05) is 10.9 Å². The van der Waals surface area contributed by atoms with Crippen LogP contribution in [-0.2, 0) is 16.1 Å². The van der Waals surface area contributed by atoms with E-state index in [0.717, 1.165) is 36.9 Å². The van der Waals surface area contributed by atoms with E-state index < -0.39 is 0 Å². The number of hydrogen-bond acceptors (Lipinski definition) is 2. The van der Waals surface area contributed by atoms with Crippen LogP contribution in [0.5, 0.6) is 0 Å². The summed E-state index contributed by atoms with van der Waals surface area (Å²) in [7, 11) is 0. The number of carbonyl (C=O) groups excluding carboxylic acids is 1. The molecule has 2 aromatic rings. The molecular formula is C16H19NO2. The summed E-state index contributed by atoms with van der Waals surface area (Å²) >= 11 is 0. The third kappa shape index (κ3) is 2.50. The summed E-state index contributed by atoms with van der Waals surface area (Å²) in [4.78, 5) is 15.2. The summed E-state index contributed by atoms with van der Waals surface area (Å²) in [6.07, 6.45) is 4.30. The highest BCUT2D eigenvalue weighted by atomic mass is 16.5. The first-order valence-corrected chi connectivity index (χ1v) is 6.98. The monoisotopic (exact) mass is 257 g/mol. The van der Waals surface area contributed by atoms with E-state index in [2.05, 4.69) is 24.0 Å². The number of rotatable bonds is 3. The van der Waals surface area contributed by atoms with Gasteiger partial charge in [-0.3, -0.25) is 4.79 Å². The fourth-order valence-electron chi connectivity index (χ4n) is 2.87. The average Bonchev–Trinajstić information content (AvgIpc) is 3.05. The minimum atomic E-state index is -0.0344. The highest BCUT2D eigenvalue weighted by molar-refractivity contribution is 5.83. The zero-order valence-electron chi connectivity index (χ0n) is 11.2. The van der Waals surface area contributed by atoms with Gasteiger partial charge in [-0.25, -0.2) is 0 Å². The number of fused-ring (bicyclic) bond motifs is 1. The van der Waals surface area contributed by atoms with E-state index in [9.17, 15) is 4.79 Å². The number of aromatic amines is 1. The Morgan fingerprint density at radius 1 is 1.37 bits per heavy atom. The molecule has 3 heteroatoms. The van der Waals surface area contributed by atoms with Crippen LogP contribution in [0, 0.1) is 12.8 Å². The van der Waals surface area contributed by atoms with Gasteiger partial charge in [-0.15, -0.1) is 0 Å². The van der Waals surface area contributed by atoms with Crippen molar-refractivity contribution >= 4 is 16.9 Å². The van der Waals surface area contributed by atoms with E-state index in [1.54, 1.807) is 0 Å². The molecule has 1 N–H and O–H groups in total. The van der Waals surface area contributed by atoms with Crippen LogP contribution in [0.1, 0.15) is 36.9 Å². The van der Waals surface area contributed by atoms with Gasteiger partial charge in [0.15, 0.2) is 0 Å². The van der Waals surface area contributed by atoms with Gasteiger partial charge in [0.2, 0.25) is 0 Å². The molecule has 1 aromatic heterocycles. The smallest absolute Gasteiger partial charge is 0.309 e. The van der Waals surface area contributed by atoms with Gasteiger partial charge in [0.1, 0.15) is 6.61 Å². The van der Waals surface area contributed by atoms with E-state index in [4.69, 9.17) is 4.74 Å². The van der Waals surface area contributed by atoms with Gasteiger partial charge in [0.05, 0.1) is 11.6 Å². The minimum Gasteiger partial charge on any atom is -0.459 e. The Balaban J connectivity index is 1.68. The fourth-order valence-corrected chi connectivity index (χ4v) is 2.87. The standard InChI is InChI=1S/C16H19NO2/c1-11-5-4-8-15-14(11)9-13(17-15)10-19-16(18)12-6-2-3-7-12/h4-5,8-9,12,17H,2-3,6-7,10H2,1H3. The van der Waals surface area contributed by atoms with Crippen LogP contribution in [0.3, 0.4) is 0 Å². The normalized spacial score (nSPS) is 16.1. The van der Waals surface area contributed by atoms with Crippen LogP contribution in [0.15, 0.2) is 24.3 Å². The number of aryl methyl sites for hydroxylation is 1. The van der Waals surface area contributed by atoms with Crippen LogP contribution in [0.2, 0.25) is 0 Å². The Bertz CT molecular complexity index is 594. The maximum absolute atomic E-state index is 11.9. The molecule has 0 atom stereocenters. The van der Waals surface area contributed by atoms with Crippen molar-refractivity contribution < 1.29 is 9.53 Å². The van der Waals surface area contributed by atoms with Crippen LogP contribution in [0.25, 0.3) is 10.9 Å².